The van der Waals surface area contributed by atoms with E-state index in [1.165, 1.54) is 6.07 Å². The maximum atomic E-state index is 11.8. The van der Waals surface area contributed by atoms with Crippen molar-refractivity contribution in [2.45, 2.75) is 6.92 Å². The SMILES string of the molecule is CCN1C(=O)N/C(=C\c2ccc(O)c(Br)c2)C1=O. The fourth-order valence-electron chi connectivity index (χ4n) is 1.64. The molecule has 18 heavy (non-hydrogen) atoms. The average molecular weight is 311 g/mol. The number of hydrogen-bond donors (Lipinski definition) is 2. The molecule has 1 heterocycles. The van der Waals surface area contributed by atoms with Crippen LogP contribution in [0.25, 0.3) is 6.08 Å². The molecule has 3 amide bonds. The van der Waals surface area contributed by atoms with Crippen LogP contribution < -0.4 is 5.32 Å². The third-order valence-corrected chi connectivity index (χ3v) is 3.20. The van der Waals surface area contributed by atoms with Crippen LogP contribution in [0.3, 0.4) is 0 Å². The molecule has 0 radical (unpaired) electrons. The lowest BCUT2D eigenvalue weighted by Gasteiger charge is -2.06. The number of nitrogens with one attached hydrogen (secondary N) is 1. The molecule has 0 saturated carbocycles. The van der Waals surface area contributed by atoms with Gasteiger partial charge in [-0.15, -0.1) is 0 Å². The van der Waals surface area contributed by atoms with Gasteiger partial charge in [0.2, 0.25) is 0 Å². The van der Waals surface area contributed by atoms with Gasteiger partial charge >= 0.3 is 6.03 Å². The molecule has 1 saturated heterocycles. The van der Waals surface area contributed by atoms with E-state index in [9.17, 15) is 14.7 Å². The highest BCUT2D eigenvalue weighted by Gasteiger charge is 2.31. The second-order valence-corrected chi connectivity index (χ2v) is 4.60. The summed E-state index contributed by atoms with van der Waals surface area (Å²) < 4.78 is 0.529. The summed E-state index contributed by atoms with van der Waals surface area (Å²) >= 11 is 3.19. The van der Waals surface area contributed by atoms with Gasteiger partial charge in [0, 0.05) is 6.54 Å². The molecule has 1 aromatic rings. The molecule has 0 aliphatic carbocycles. The van der Waals surface area contributed by atoms with E-state index in [1.54, 1.807) is 25.1 Å². The van der Waals surface area contributed by atoms with Crippen molar-refractivity contribution in [3.8, 4) is 5.75 Å². The van der Waals surface area contributed by atoms with Crippen LogP contribution in [0.15, 0.2) is 28.4 Å². The Bertz CT molecular complexity index is 554. The lowest BCUT2D eigenvalue weighted by Crippen LogP contribution is -2.30. The Balaban J connectivity index is 2.32. The summed E-state index contributed by atoms with van der Waals surface area (Å²) in [5, 5.41) is 11.9. The van der Waals surface area contributed by atoms with E-state index in [0.717, 1.165) is 4.90 Å². The Labute approximate surface area is 112 Å². The molecule has 0 aromatic heterocycles. The minimum absolute atomic E-state index is 0.120. The van der Waals surface area contributed by atoms with E-state index in [0.29, 0.717) is 16.6 Å². The third-order valence-electron chi connectivity index (χ3n) is 2.56. The normalized spacial score (nSPS) is 17.4. The van der Waals surface area contributed by atoms with Gasteiger partial charge in [0.15, 0.2) is 0 Å². The number of phenols is 1. The van der Waals surface area contributed by atoms with Crippen LogP contribution in [0, 0.1) is 0 Å². The molecular weight excluding hydrogens is 300 g/mol. The quantitative estimate of drug-likeness (QED) is 0.649. The van der Waals surface area contributed by atoms with Gasteiger partial charge in [0.05, 0.1) is 4.47 Å². The summed E-state index contributed by atoms with van der Waals surface area (Å²) in [6.45, 7) is 2.07. The summed E-state index contributed by atoms with van der Waals surface area (Å²) in [7, 11) is 0. The highest BCUT2D eigenvalue weighted by molar-refractivity contribution is 9.10. The van der Waals surface area contributed by atoms with E-state index < -0.39 is 6.03 Å². The largest absolute Gasteiger partial charge is 0.507 e. The molecule has 6 heteroatoms. The molecule has 0 bridgehead atoms. The van der Waals surface area contributed by atoms with Crippen molar-refractivity contribution in [2.75, 3.05) is 6.54 Å². The molecule has 2 rings (SSSR count). The van der Waals surface area contributed by atoms with Gasteiger partial charge in [-0.25, -0.2) is 4.79 Å². The number of benzene rings is 1. The number of urea groups is 1. The van der Waals surface area contributed by atoms with Crippen LogP contribution in [0.4, 0.5) is 4.79 Å². The molecule has 0 atom stereocenters. The Kier molecular flexibility index (Phi) is 3.38. The zero-order valence-corrected chi connectivity index (χ0v) is 11.2. The zero-order chi connectivity index (χ0) is 13.3. The van der Waals surface area contributed by atoms with E-state index in [4.69, 9.17) is 0 Å². The monoisotopic (exact) mass is 310 g/mol. The summed E-state index contributed by atoms with van der Waals surface area (Å²) in [6, 6.07) is 4.42. The summed E-state index contributed by atoms with van der Waals surface area (Å²) in [6.07, 6.45) is 1.57. The second kappa shape index (κ2) is 4.81. The van der Waals surface area contributed by atoms with Crippen LogP contribution in [0.5, 0.6) is 5.75 Å². The minimum Gasteiger partial charge on any atom is -0.507 e. The minimum atomic E-state index is -0.411. The first kappa shape index (κ1) is 12.6. The number of imide groups is 1. The van der Waals surface area contributed by atoms with Gasteiger partial charge in [-0.3, -0.25) is 9.69 Å². The number of halogens is 1. The number of hydrogen-bond acceptors (Lipinski definition) is 3. The van der Waals surface area contributed by atoms with Crippen LogP contribution in [0.2, 0.25) is 0 Å². The lowest BCUT2D eigenvalue weighted by atomic mass is 10.2. The number of rotatable bonds is 2. The summed E-state index contributed by atoms with van der Waals surface area (Å²) in [4.78, 5) is 24.4. The highest BCUT2D eigenvalue weighted by atomic mass is 79.9. The van der Waals surface area contributed by atoms with Gasteiger partial charge in [-0.05, 0) is 46.6 Å². The van der Waals surface area contributed by atoms with Crippen molar-refractivity contribution in [3.63, 3.8) is 0 Å². The molecule has 1 aliphatic heterocycles. The Hall–Kier alpha value is -1.82. The van der Waals surface area contributed by atoms with Gasteiger partial charge in [-0.2, -0.15) is 0 Å². The number of carbonyl (C=O) groups is 2. The predicted octanol–water partition coefficient (Wildman–Crippen LogP) is 2.07. The molecule has 94 valence electrons. The average Bonchev–Trinajstić information content (AvgIpc) is 2.59. The molecule has 0 spiro atoms. The maximum Gasteiger partial charge on any atom is 0.328 e. The van der Waals surface area contributed by atoms with E-state index in [1.807, 2.05) is 0 Å². The maximum absolute atomic E-state index is 11.8. The third kappa shape index (κ3) is 2.24. The van der Waals surface area contributed by atoms with Crippen molar-refractivity contribution < 1.29 is 14.7 Å². The standard InChI is InChI=1S/C12H11BrN2O3/c1-2-15-11(17)9(14-12(15)18)6-7-3-4-10(16)8(13)5-7/h3-6,16H,2H2,1H3,(H,14,18)/b9-6-. The Morgan fingerprint density at radius 3 is 2.72 bits per heavy atom. The molecular formula is C12H11BrN2O3. The van der Waals surface area contributed by atoms with Crippen LogP contribution in [-0.4, -0.2) is 28.5 Å². The summed E-state index contributed by atoms with van der Waals surface area (Å²) in [5.41, 5.74) is 0.945. The van der Waals surface area contributed by atoms with Crippen LogP contribution in [0.1, 0.15) is 12.5 Å². The molecule has 1 fully saturated rings. The zero-order valence-electron chi connectivity index (χ0n) is 9.61. The molecule has 1 aliphatic rings. The molecule has 0 unspecified atom stereocenters. The first-order valence-electron chi connectivity index (χ1n) is 5.36. The van der Waals surface area contributed by atoms with Crippen molar-refractivity contribution in [1.29, 1.82) is 0 Å². The van der Waals surface area contributed by atoms with E-state index >= 15 is 0 Å². The Morgan fingerprint density at radius 2 is 2.17 bits per heavy atom. The van der Waals surface area contributed by atoms with Gasteiger partial charge in [-0.1, -0.05) is 6.07 Å². The Morgan fingerprint density at radius 1 is 1.44 bits per heavy atom. The van der Waals surface area contributed by atoms with Crippen LogP contribution in [-0.2, 0) is 4.79 Å². The first-order valence-corrected chi connectivity index (χ1v) is 6.15. The smallest absolute Gasteiger partial charge is 0.328 e. The fraction of sp³-hybridized carbons (Fsp3) is 0.167. The first-order chi connectivity index (χ1) is 8.52. The predicted molar refractivity (Wildman–Crippen MR) is 69.7 cm³/mol. The van der Waals surface area contributed by atoms with Gasteiger partial charge < -0.3 is 10.4 Å². The number of nitrogens with zero attached hydrogens (tertiary/aromatic N) is 1. The van der Waals surface area contributed by atoms with E-state index in [2.05, 4.69) is 21.2 Å². The second-order valence-electron chi connectivity index (χ2n) is 3.75. The number of amides is 3. The molecule has 2 N–H and O–H groups in total. The van der Waals surface area contributed by atoms with Crippen molar-refractivity contribution in [3.05, 3.63) is 33.9 Å². The van der Waals surface area contributed by atoms with Crippen molar-refractivity contribution >= 4 is 33.9 Å². The van der Waals surface area contributed by atoms with Crippen molar-refractivity contribution in [1.82, 2.24) is 10.2 Å². The molecule has 1 aromatic carbocycles. The molecule has 5 nitrogen and oxygen atoms in total. The van der Waals surface area contributed by atoms with Gasteiger partial charge in [0.25, 0.3) is 5.91 Å². The number of carbonyl (C=O) groups excluding carboxylic acids is 2. The van der Waals surface area contributed by atoms with Crippen molar-refractivity contribution in [2.24, 2.45) is 0 Å². The highest BCUT2D eigenvalue weighted by Crippen LogP contribution is 2.25. The number of aromatic hydroxyl groups is 1. The van der Waals surface area contributed by atoms with E-state index in [-0.39, 0.29) is 17.4 Å². The number of likely N-dealkylation sites (N-methyl/N-ethyl adjacent to an activating group) is 1. The summed E-state index contributed by atoms with van der Waals surface area (Å²) in [5.74, 6) is -0.221. The van der Waals surface area contributed by atoms with Gasteiger partial charge in [0.1, 0.15) is 11.4 Å². The topological polar surface area (TPSA) is 69.6 Å². The van der Waals surface area contributed by atoms with Crippen LogP contribution >= 0.6 is 15.9 Å². The number of phenolic OH excluding ortho intramolecular Hbond substituents is 1. The fourth-order valence-corrected chi connectivity index (χ4v) is 2.03. The lowest BCUT2D eigenvalue weighted by molar-refractivity contribution is -0.122.